The number of unbranched alkanes of at least 4 members (excludes halogenated alkanes) is 2. The van der Waals surface area contributed by atoms with Crippen molar-refractivity contribution in [3.05, 3.63) is 12.2 Å². The summed E-state index contributed by atoms with van der Waals surface area (Å²) in [5.41, 5.74) is 0. The summed E-state index contributed by atoms with van der Waals surface area (Å²) in [4.78, 5) is 26.7. The van der Waals surface area contributed by atoms with Gasteiger partial charge in [0.25, 0.3) is 0 Å². The number of carboxylic acids is 1. The van der Waals surface area contributed by atoms with E-state index in [0.29, 0.717) is 19.3 Å². The van der Waals surface area contributed by atoms with Crippen LogP contribution in [0.1, 0.15) is 51.9 Å². The van der Waals surface area contributed by atoms with Crippen molar-refractivity contribution in [3.63, 3.8) is 0 Å². The molecule has 1 aliphatic carbocycles. The van der Waals surface area contributed by atoms with Crippen molar-refractivity contribution in [1.82, 2.24) is 0 Å². The molecule has 0 aliphatic heterocycles. The van der Waals surface area contributed by atoms with Gasteiger partial charge in [0.05, 0.1) is 6.10 Å². The van der Waals surface area contributed by atoms with Gasteiger partial charge < -0.3 is 10.2 Å². The number of ketones is 1. The van der Waals surface area contributed by atoms with Crippen molar-refractivity contribution in [1.29, 1.82) is 0 Å². The van der Waals surface area contributed by atoms with Crippen molar-refractivity contribution < 1.29 is 29.9 Å². The van der Waals surface area contributed by atoms with Gasteiger partial charge in [-0.25, -0.2) is 4.89 Å². The molecule has 0 amide bonds. The summed E-state index contributed by atoms with van der Waals surface area (Å²) >= 11 is 0. The van der Waals surface area contributed by atoms with Gasteiger partial charge in [-0.05, 0) is 19.3 Å². The lowest BCUT2D eigenvalue weighted by atomic mass is 9.88. The zero-order valence-corrected chi connectivity index (χ0v) is 13.0. The molecular formula is C16H26O6. The minimum absolute atomic E-state index is 0.0540. The van der Waals surface area contributed by atoms with Crippen LogP contribution in [0, 0.1) is 11.8 Å². The number of hydrogen-bond acceptors (Lipinski definition) is 5. The van der Waals surface area contributed by atoms with Crippen LogP contribution >= 0.6 is 0 Å². The van der Waals surface area contributed by atoms with Gasteiger partial charge in [-0.1, -0.05) is 31.9 Å². The molecule has 1 rings (SSSR count). The molecule has 0 spiro atoms. The fourth-order valence-corrected chi connectivity index (χ4v) is 2.91. The molecule has 1 unspecified atom stereocenters. The Labute approximate surface area is 130 Å². The van der Waals surface area contributed by atoms with E-state index in [0.717, 1.165) is 12.8 Å². The number of hydrogen-bond donors (Lipinski definition) is 3. The van der Waals surface area contributed by atoms with Crippen molar-refractivity contribution in [2.45, 2.75) is 64.1 Å². The van der Waals surface area contributed by atoms with Crippen LogP contribution < -0.4 is 0 Å². The Hall–Kier alpha value is -1.24. The van der Waals surface area contributed by atoms with E-state index in [1.165, 1.54) is 0 Å². The number of carbonyl (C=O) groups is 2. The van der Waals surface area contributed by atoms with E-state index < -0.39 is 18.2 Å². The fraction of sp³-hybridized carbons (Fsp3) is 0.750. The first-order valence-electron chi connectivity index (χ1n) is 7.90. The number of aliphatic carboxylic acids is 1. The molecule has 4 atom stereocenters. The lowest BCUT2D eigenvalue weighted by molar-refractivity contribution is -0.266. The van der Waals surface area contributed by atoms with Crippen molar-refractivity contribution in [2.24, 2.45) is 11.8 Å². The van der Waals surface area contributed by atoms with Crippen LogP contribution in [0.2, 0.25) is 0 Å². The molecule has 0 aromatic rings. The fourth-order valence-electron chi connectivity index (χ4n) is 2.91. The Bertz CT molecular complexity index is 388. The average molecular weight is 314 g/mol. The molecule has 3 N–H and O–H groups in total. The summed E-state index contributed by atoms with van der Waals surface area (Å²) in [6.45, 7) is 1.86. The number of rotatable bonds is 10. The maximum Gasteiger partial charge on any atom is 0.303 e. The Balaban J connectivity index is 2.50. The molecule has 0 aromatic carbocycles. The Morgan fingerprint density at radius 1 is 1.41 bits per heavy atom. The van der Waals surface area contributed by atoms with Crippen LogP contribution in [-0.4, -0.2) is 39.4 Å². The van der Waals surface area contributed by atoms with Crippen molar-refractivity contribution >= 4 is 11.8 Å². The smallest absolute Gasteiger partial charge is 0.303 e. The van der Waals surface area contributed by atoms with Gasteiger partial charge >= 0.3 is 5.97 Å². The van der Waals surface area contributed by atoms with Crippen LogP contribution in [0.5, 0.6) is 0 Å². The topological polar surface area (TPSA) is 104 Å². The van der Waals surface area contributed by atoms with Gasteiger partial charge in [-0.15, -0.1) is 0 Å². The Morgan fingerprint density at radius 2 is 2.14 bits per heavy atom. The highest BCUT2D eigenvalue weighted by molar-refractivity contribution is 5.84. The van der Waals surface area contributed by atoms with E-state index in [-0.39, 0.29) is 30.5 Å². The number of Topliss-reactive ketones (excluding diaryl/α,β-unsaturated/α-hetero) is 1. The SMILES string of the molecule is CCC(C=C[C@H]1[C@H](CCCCCC(=O)O)C(=O)C[C@@H]1O)OO. The van der Waals surface area contributed by atoms with Crippen molar-refractivity contribution in [2.75, 3.05) is 0 Å². The normalized spacial score (nSPS) is 26.7. The van der Waals surface area contributed by atoms with Gasteiger partial charge in [-0.3, -0.25) is 14.8 Å². The highest BCUT2D eigenvalue weighted by Crippen LogP contribution is 2.34. The highest BCUT2D eigenvalue weighted by atomic mass is 17.1. The van der Waals surface area contributed by atoms with E-state index in [2.05, 4.69) is 4.89 Å². The first kappa shape index (κ1) is 18.8. The third-order valence-electron chi connectivity index (χ3n) is 4.22. The summed E-state index contributed by atoms with van der Waals surface area (Å²) in [6, 6.07) is 0. The second-order valence-electron chi connectivity index (χ2n) is 5.85. The first-order chi connectivity index (χ1) is 10.5. The Kier molecular flexibility index (Phi) is 8.30. The quantitative estimate of drug-likeness (QED) is 0.247. The molecule has 0 saturated heterocycles. The minimum atomic E-state index is -0.803. The second kappa shape index (κ2) is 9.71. The monoisotopic (exact) mass is 314 g/mol. The molecule has 0 radical (unpaired) electrons. The number of aliphatic hydroxyl groups is 1. The first-order valence-corrected chi connectivity index (χ1v) is 7.90. The van der Waals surface area contributed by atoms with Crippen LogP contribution in [0.15, 0.2) is 12.2 Å². The van der Waals surface area contributed by atoms with Crippen LogP contribution in [-0.2, 0) is 14.5 Å². The molecule has 126 valence electrons. The third kappa shape index (κ3) is 5.87. The van der Waals surface area contributed by atoms with Gasteiger partial charge in [0, 0.05) is 24.7 Å². The van der Waals surface area contributed by atoms with E-state index >= 15 is 0 Å². The lowest BCUT2D eigenvalue weighted by Gasteiger charge is -2.18. The summed E-state index contributed by atoms with van der Waals surface area (Å²) in [5.74, 6) is -1.23. The van der Waals surface area contributed by atoms with Crippen LogP contribution in [0.25, 0.3) is 0 Å². The second-order valence-corrected chi connectivity index (χ2v) is 5.85. The zero-order chi connectivity index (χ0) is 16.5. The molecule has 6 heteroatoms. The zero-order valence-electron chi connectivity index (χ0n) is 13.0. The van der Waals surface area contributed by atoms with Gasteiger partial charge in [-0.2, -0.15) is 0 Å². The summed E-state index contributed by atoms with van der Waals surface area (Å²) in [7, 11) is 0. The van der Waals surface area contributed by atoms with Gasteiger partial charge in [0.1, 0.15) is 11.9 Å². The lowest BCUT2D eigenvalue weighted by Crippen LogP contribution is -2.19. The molecule has 1 saturated carbocycles. The molecule has 1 aliphatic rings. The van der Waals surface area contributed by atoms with Gasteiger partial charge in [0.15, 0.2) is 0 Å². The van der Waals surface area contributed by atoms with Crippen LogP contribution in [0.4, 0.5) is 0 Å². The summed E-state index contributed by atoms with van der Waals surface area (Å²) in [5, 5.41) is 27.3. The van der Waals surface area contributed by atoms with E-state index in [1.807, 2.05) is 6.92 Å². The van der Waals surface area contributed by atoms with Crippen molar-refractivity contribution in [3.8, 4) is 0 Å². The minimum Gasteiger partial charge on any atom is -0.481 e. The number of carboxylic acid groups (broad SMARTS) is 1. The number of carbonyl (C=O) groups excluding carboxylic acids is 1. The Morgan fingerprint density at radius 3 is 2.73 bits per heavy atom. The molecule has 1 fully saturated rings. The standard InChI is InChI=1S/C16H26O6/c1-2-11(22-21)8-9-13-12(14(17)10-15(13)18)6-4-3-5-7-16(19)20/h8-9,11-13,15,18,21H,2-7,10H2,1H3,(H,19,20)/t11?,12-,13-,15-/m0/s1. The molecular weight excluding hydrogens is 288 g/mol. The van der Waals surface area contributed by atoms with Crippen LogP contribution in [0.3, 0.4) is 0 Å². The maximum atomic E-state index is 12.0. The predicted octanol–water partition coefficient (Wildman–Crippen LogP) is 2.41. The predicted molar refractivity (Wildman–Crippen MR) is 80.3 cm³/mol. The van der Waals surface area contributed by atoms with E-state index in [9.17, 15) is 14.7 Å². The largest absolute Gasteiger partial charge is 0.481 e. The average Bonchev–Trinajstić information content (AvgIpc) is 2.74. The maximum absolute atomic E-state index is 12.0. The van der Waals surface area contributed by atoms with E-state index in [4.69, 9.17) is 10.4 Å². The highest BCUT2D eigenvalue weighted by Gasteiger charge is 2.39. The van der Waals surface area contributed by atoms with E-state index in [1.54, 1.807) is 12.2 Å². The summed E-state index contributed by atoms with van der Waals surface area (Å²) < 4.78 is 0. The summed E-state index contributed by atoms with van der Waals surface area (Å²) in [6.07, 6.45) is 6.03. The molecule has 22 heavy (non-hydrogen) atoms. The molecule has 6 nitrogen and oxygen atoms in total. The molecule has 0 heterocycles. The third-order valence-corrected chi connectivity index (χ3v) is 4.22. The molecule has 0 bridgehead atoms. The number of aliphatic hydroxyl groups excluding tert-OH is 1. The van der Waals surface area contributed by atoms with Gasteiger partial charge in [0.2, 0.25) is 0 Å². The molecule has 0 aromatic heterocycles.